The van der Waals surface area contributed by atoms with Crippen LogP contribution in [0.2, 0.25) is 0 Å². The summed E-state index contributed by atoms with van der Waals surface area (Å²) < 4.78 is 16.9. The van der Waals surface area contributed by atoms with Crippen molar-refractivity contribution in [1.29, 1.82) is 0 Å². The van der Waals surface area contributed by atoms with Gasteiger partial charge in [0.1, 0.15) is 13.2 Å². The lowest BCUT2D eigenvalue weighted by atomic mass is 10.1. The Balaban J connectivity index is 4.40. The van der Waals surface area contributed by atoms with E-state index < -0.39 is 6.10 Å². The monoisotopic (exact) mass is 1150 g/mol. The molecule has 0 aromatic heterocycles. The van der Waals surface area contributed by atoms with E-state index in [1.807, 2.05) is 0 Å². The minimum Gasteiger partial charge on any atom is -0.462 e. The highest BCUT2D eigenvalue weighted by molar-refractivity contribution is 5.71. The van der Waals surface area contributed by atoms with Gasteiger partial charge in [-0.25, -0.2) is 0 Å². The molecule has 0 aliphatic carbocycles. The molecule has 0 aromatic rings. The van der Waals surface area contributed by atoms with Gasteiger partial charge in [0.25, 0.3) is 0 Å². The van der Waals surface area contributed by atoms with Crippen molar-refractivity contribution in [2.24, 2.45) is 0 Å². The Labute approximate surface area is 512 Å². The van der Waals surface area contributed by atoms with E-state index in [0.717, 1.165) is 161 Å². The van der Waals surface area contributed by atoms with Crippen LogP contribution in [0.3, 0.4) is 0 Å². The summed E-state index contributed by atoms with van der Waals surface area (Å²) in [5, 5.41) is 0. The predicted octanol–water partition coefficient (Wildman–Crippen LogP) is 23.9. The highest BCUT2D eigenvalue weighted by atomic mass is 16.6. The van der Waals surface area contributed by atoms with Gasteiger partial charge in [0, 0.05) is 19.3 Å². The van der Waals surface area contributed by atoms with Crippen LogP contribution < -0.4 is 0 Å². The van der Waals surface area contributed by atoms with Gasteiger partial charge in [-0.3, -0.25) is 14.4 Å². The molecular weight excluding hydrogens is 1020 g/mol. The van der Waals surface area contributed by atoms with Gasteiger partial charge >= 0.3 is 17.9 Å². The van der Waals surface area contributed by atoms with Crippen LogP contribution in [0.5, 0.6) is 0 Å². The Kier molecular flexibility index (Phi) is 65.8. The summed E-state index contributed by atoms with van der Waals surface area (Å²) in [5.41, 5.74) is 0. The topological polar surface area (TPSA) is 78.9 Å². The highest BCUT2D eigenvalue weighted by Crippen LogP contribution is 2.15. The molecule has 0 aromatic carbocycles. The van der Waals surface area contributed by atoms with Gasteiger partial charge in [-0.1, -0.05) is 282 Å². The van der Waals surface area contributed by atoms with Crippen LogP contribution in [-0.4, -0.2) is 37.2 Å². The van der Waals surface area contributed by atoms with E-state index in [0.29, 0.717) is 19.3 Å². The average molecular weight is 1150 g/mol. The number of hydrogen-bond acceptors (Lipinski definition) is 6. The summed E-state index contributed by atoms with van der Waals surface area (Å²) in [6.07, 6.45) is 99.9. The Morgan fingerprint density at radius 3 is 0.771 bits per heavy atom. The Hall–Kier alpha value is -4.71. The van der Waals surface area contributed by atoms with E-state index in [1.165, 1.54) is 103 Å². The number of hydrogen-bond donors (Lipinski definition) is 0. The van der Waals surface area contributed by atoms with Gasteiger partial charge in [0.15, 0.2) is 6.10 Å². The molecule has 0 bridgehead atoms. The molecule has 6 nitrogen and oxygen atoms in total. The fraction of sp³-hybridized carbons (Fsp3) is 0.649. The average Bonchev–Trinajstić information content (AvgIpc) is 3.49. The second kappa shape index (κ2) is 69.8. The third-order valence-corrected chi connectivity index (χ3v) is 14.3. The van der Waals surface area contributed by atoms with Crippen LogP contribution in [0.25, 0.3) is 0 Å². The maximum Gasteiger partial charge on any atom is 0.306 e. The molecule has 0 rings (SSSR count). The Morgan fingerprint density at radius 1 is 0.253 bits per heavy atom. The molecule has 0 saturated heterocycles. The number of ether oxygens (including phenoxy) is 3. The molecule has 83 heavy (non-hydrogen) atoms. The van der Waals surface area contributed by atoms with Crippen molar-refractivity contribution in [3.63, 3.8) is 0 Å². The van der Waals surface area contributed by atoms with Gasteiger partial charge in [-0.05, 0) is 148 Å². The maximum atomic E-state index is 12.9. The summed E-state index contributed by atoms with van der Waals surface area (Å²) in [7, 11) is 0. The quantitative estimate of drug-likeness (QED) is 0.0261. The summed E-state index contributed by atoms with van der Waals surface area (Å²) >= 11 is 0. The van der Waals surface area contributed by atoms with Crippen molar-refractivity contribution >= 4 is 17.9 Å². The third kappa shape index (κ3) is 68.0. The number of allylic oxidation sites excluding steroid dienone is 24. The van der Waals surface area contributed by atoms with Gasteiger partial charge in [-0.2, -0.15) is 0 Å². The molecule has 0 radical (unpaired) electrons. The summed E-state index contributed by atoms with van der Waals surface area (Å²) in [6, 6.07) is 0. The van der Waals surface area contributed by atoms with Crippen molar-refractivity contribution in [3.05, 3.63) is 146 Å². The van der Waals surface area contributed by atoms with Crippen molar-refractivity contribution in [2.75, 3.05) is 13.2 Å². The molecule has 0 saturated carbocycles. The van der Waals surface area contributed by atoms with Gasteiger partial charge in [0.05, 0.1) is 0 Å². The minimum absolute atomic E-state index is 0.0961. The molecule has 0 aliphatic heterocycles. The minimum atomic E-state index is -0.802. The molecule has 0 aliphatic rings. The maximum absolute atomic E-state index is 12.9. The second-order valence-electron chi connectivity index (χ2n) is 22.3. The zero-order valence-electron chi connectivity index (χ0n) is 53.9. The van der Waals surface area contributed by atoms with Gasteiger partial charge in [0.2, 0.25) is 0 Å². The first-order valence-electron chi connectivity index (χ1n) is 34.3. The summed E-state index contributed by atoms with van der Waals surface area (Å²) in [5.74, 6) is -0.928. The lowest BCUT2D eigenvalue weighted by molar-refractivity contribution is -0.167. The molecule has 1 atom stereocenters. The molecule has 0 heterocycles. The normalized spacial score (nSPS) is 13.0. The summed E-state index contributed by atoms with van der Waals surface area (Å²) in [4.78, 5) is 38.4. The number of carbonyl (C=O) groups excluding carboxylic acids is 3. The van der Waals surface area contributed by atoms with Crippen LogP contribution in [0.4, 0.5) is 0 Å². The van der Waals surface area contributed by atoms with Crippen LogP contribution in [-0.2, 0) is 28.6 Å². The lowest BCUT2D eigenvalue weighted by Gasteiger charge is -2.18. The van der Waals surface area contributed by atoms with Crippen molar-refractivity contribution in [3.8, 4) is 0 Å². The fourth-order valence-corrected chi connectivity index (χ4v) is 9.17. The van der Waals surface area contributed by atoms with Crippen molar-refractivity contribution in [2.45, 2.75) is 309 Å². The van der Waals surface area contributed by atoms with Crippen molar-refractivity contribution < 1.29 is 28.6 Å². The SMILES string of the molecule is CC/C=C\C/C=C\C/C=C\C/C=C\C/C=C\C/C=C\C/C=C\C/C=C\CCCCCCCCC(=O)OCC(COC(=O)CCCCCCC/C=C\CCCCCCCC)OC(=O)CCCCCCCC/C=C\C/C=C\C/C=C\CCCCC. The first-order chi connectivity index (χ1) is 41.0. The van der Waals surface area contributed by atoms with E-state index in [2.05, 4.69) is 167 Å². The molecular formula is C77H126O6. The van der Waals surface area contributed by atoms with E-state index >= 15 is 0 Å². The number of esters is 3. The van der Waals surface area contributed by atoms with Crippen molar-refractivity contribution in [1.82, 2.24) is 0 Å². The predicted molar refractivity (Wildman–Crippen MR) is 362 cm³/mol. The van der Waals surface area contributed by atoms with E-state index in [4.69, 9.17) is 14.2 Å². The summed E-state index contributed by atoms with van der Waals surface area (Å²) in [6.45, 7) is 6.48. The lowest BCUT2D eigenvalue weighted by Crippen LogP contribution is -2.30. The van der Waals surface area contributed by atoms with Gasteiger partial charge < -0.3 is 14.2 Å². The van der Waals surface area contributed by atoms with Crippen LogP contribution >= 0.6 is 0 Å². The third-order valence-electron chi connectivity index (χ3n) is 14.3. The van der Waals surface area contributed by atoms with E-state index in [-0.39, 0.29) is 31.1 Å². The van der Waals surface area contributed by atoms with Crippen LogP contribution in [0.1, 0.15) is 303 Å². The highest BCUT2D eigenvalue weighted by Gasteiger charge is 2.19. The van der Waals surface area contributed by atoms with Crippen LogP contribution in [0, 0.1) is 0 Å². The van der Waals surface area contributed by atoms with E-state index in [1.54, 1.807) is 0 Å². The molecule has 470 valence electrons. The zero-order chi connectivity index (χ0) is 59.9. The molecule has 0 amide bonds. The Morgan fingerprint density at radius 2 is 0.470 bits per heavy atom. The number of carbonyl (C=O) groups is 3. The molecule has 0 spiro atoms. The first-order valence-corrected chi connectivity index (χ1v) is 34.3. The van der Waals surface area contributed by atoms with E-state index in [9.17, 15) is 14.4 Å². The number of unbranched alkanes of at least 4 members (excludes halogenated alkanes) is 26. The molecule has 0 fully saturated rings. The Bertz CT molecular complexity index is 1800. The molecule has 6 heteroatoms. The second-order valence-corrected chi connectivity index (χ2v) is 22.3. The zero-order valence-corrected chi connectivity index (χ0v) is 53.9. The first kappa shape index (κ1) is 78.3. The molecule has 0 N–H and O–H groups in total. The fourth-order valence-electron chi connectivity index (χ4n) is 9.17. The van der Waals surface area contributed by atoms with Crippen LogP contribution in [0.15, 0.2) is 146 Å². The standard InChI is InChI=1S/C77H126O6/c1-4-7-10-13-16-19-22-25-28-30-32-33-34-35-36-37-38-39-40-41-42-43-45-46-49-52-55-58-61-64-67-70-76(79)82-73-74(72-81-75(78)69-66-63-60-57-54-51-48-27-24-21-18-15-12-9-6-3)83-77(80)71-68-65-62-59-56-53-50-47-44-31-29-26-23-20-17-14-11-8-5-2/h7,10,16-17,19-20,25-29,32-33,35-36,38-39,41-42,44-48,74H,4-6,8-9,11-15,18,21-24,30-31,34,37,40,43,49-73H2,1-3H3/b10-7-,19-16-,20-17-,28-25-,29-26-,33-32-,36-35-,39-38-,42-41-,46-45-,47-44-,48-27-. The molecule has 1 unspecified atom stereocenters. The smallest absolute Gasteiger partial charge is 0.306 e. The largest absolute Gasteiger partial charge is 0.462 e. The number of rotatable bonds is 61. The van der Waals surface area contributed by atoms with Gasteiger partial charge in [-0.15, -0.1) is 0 Å².